The SMILES string of the molecule is CC1(C)CCC(C)(C)c2cc(-c3ccc4c(c3)c3ccccc3n4-c3ccc4c(c3)N(c3c(-c5ccccc5)cncc3-c3ccccc3)c3cc(-c5ccccc5)cc5c3B4c3ccc(-n4c6ccccc6c6cc(-c7ccc8c(c7)C(C)(C)CCC8(C)C)ccc64)cc3N5c3c(-c4ccccc4)cncc3-c3ccccc3)ccc21. The number of rotatable bonds is 11. The van der Waals surface area contributed by atoms with Crippen molar-refractivity contribution in [2.45, 2.75) is 103 Å². The van der Waals surface area contributed by atoms with E-state index in [1.165, 1.54) is 95.3 Å². The van der Waals surface area contributed by atoms with Gasteiger partial charge in [-0.25, -0.2) is 0 Å². The number of pyridine rings is 2. The molecule has 0 N–H and O–H groups in total. The molecule has 6 nitrogen and oxygen atoms in total. The van der Waals surface area contributed by atoms with Crippen molar-refractivity contribution < 1.29 is 0 Å². The van der Waals surface area contributed by atoms with Crippen LogP contribution in [0.25, 0.3) is 133 Å². The average molecular weight is 1510 g/mol. The Kier molecular flexibility index (Phi) is 16.0. The summed E-state index contributed by atoms with van der Waals surface area (Å²) in [7, 11) is 0. The molecule has 0 saturated heterocycles. The molecule has 4 aromatic heterocycles. The Morgan fingerprint density at radius 3 is 0.940 bits per heavy atom. The van der Waals surface area contributed by atoms with Crippen LogP contribution in [0.3, 0.4) is 0 Å². The third kappa shape index (κ3) is 11.2. The smallest absolute Gasteiger partial charge is 0.252 e. The third-order valence-corrected chi connectivity index (χ3v) is 27.0. The molecule has 562 valence electrons. The minimum Gasteiger partial charge on any atom is -0.310 e. The van der Waals surface area contributed by atoms with E-state index >= 15 is 0 Å². The minimum atomic E-state index is -0.300. The standard InChI is InChI=1S/C110H89BN6/c1-107(2)54-56-109(5,6)92-60-77(42-48-90(92)107)75-44-52-98-84(58-75)82-38-24-26-40-96(82)114(98)80-46-50-94-100(64-80)116(105-86(71-30-16-10-17-31-71)66-112-67-87(105)72-32-18-11-19-33-72)102-62-79(70-28-14-9-15-29-70)63-103-104(102)111(94)95-51-47-81(65-101(95)117(103)106-88(73-34-20-12-21-35-73)68-113-69-89(106)74-36-22-13-23-37-74)115-97-41-27-25-39-83(97)85-59-76(45-53-99(85)115)78-43-49-91-93(61-78)110(7,8)57-55-108(91,3)4/h9-53,58-69H,54-57H2,1-8H3. The quantitative estimate of drug-likeness (QED) is 0.121. The Morgan fingerprint density at radius 2 is 0.564 bits per heavy atom. The fraction of sp³-hybridized carbons (Fsp3) is 0.145. The van der Waals surface area contributed by atoms with E-state index in [2.05, 4.69) is 421 Å². The lowest BCUT2D eigenvalue weighted by atomic mass is 9.33. The molecular formula is C110H89BN6. The maximum atomic E-state index is 5.24. The van der Waals surface area contributed by atoms with Crippen LogP contribution in [0.2, 0.25) is 0 Å². The van der Waals surface area contributed by atoms with E-state index in [0.29, 0.717) is 0 Å². The summed E-state index contributed by atoms with van der Waals surface area (Å²) in [6.07, 6.45) is 13.1. The van der Waals surface area contributed by atoms with Gasteiger partial charge in [0.15, 0.2) is 0 Å². The second-order valence-corrected chi connectivity index (χ2v) is 35.7. The monoisotopic (exact) mass is 1500 g/mol. The first-order valence-corrected chi connectivity index (χ1v) is 41.7. The lowest BCUT2D eigenvalue weighted by molar-refractivity contribution is 0.332. The maximum Gasteiger partial charge on any atom is 0.252 e. The highest BCUT2D eigenvalue weighted by Gasteiger charge is 2.47. The molecule has 2 aliphatic carbocycles. The molecule has 0 radical (unpaired) electrons. The Morgan fingerprint density at radius 1 is 0.248 bits per heavy atom. The molecule has 0 spiro atoms. The van der Waals surface area contributed by atoms with Crippen LogP contribution in [0.5, 0.6) is 0 Å². The zero-order valence-corrected chi connectivity index (χ0v) is 67.5. The van der Waals surface area contributed by atoms with Gasteiger partial charge in [0, 0.05) is 103 Å². The summed E-state index contributed by atoms with van der Waals surface area (Å²) in [6, 6.07) is 122. The summed E-state index contributed by atoms with van der Waals surface area (Å²) >= 11 is 0. The molecule has 0 atom stereocenters. The van der Waals surface area contributed by atoms with Crippen molar-refractivity contribution in [1.82, 2.24) is 19.1 Å². The summed E-state index contributed by atoms with van der Waals surface area (Å²) in [5.41, 5.74) is 38.4. The first kappa shape index (κ1) is 70.3. The fourth-order valence-corrected chi connectivity index (χ4v) is 20.6. The highest BCUT2D eigenvalue weighted by atomic mass is 15.2. The van der Waals surface area contributed by atoms with Gasteiger partial charge in [-0.3, -0.25) is 9.97 Å². The Balaban J connectivity index is 0.837. The number of nitrogens with zero attached hydrogens (tertiary/aromatic N) is 6. The van der Waals surface area contributed by atoms with Crippen molar-refractivity contribution in [3.63, 3.8) is 0 Å². The molecule has 7 heteroatoms. The molecule has 14 aromatic carbocycles. The van der Waals surface area contributed by atoms with Crippen LogP contribution in [0.4, 0.5) is 34.1 Å². The van der Waals surface area contributed by atoms with Gasteiger partial charge in [-0.1, -0.05) is 304 Å². The molecular weight excluding hydrogens is 1420 g/mol. The van der Waals surface area contributed by atoms with Crippen LogP contribution in [0.1, 0.15) is 103 Å². The number of hydrogen-bond donors (Lipinski definition) is 0. The van der Waals surface area contributed by atoms with Crippen LogP contribution >= 0.6 is 0 Å². The van der Waals surface area contributed by atoms with E-state index in [9.17, 15) is 0 Å². The van der Waals surface area contributed by atoms with Crippen molar-refractivity contribution in [1.29, 1.82) is 0 Å². The molecule has 0 unspecified atom stereocenters. The van der Waals surface area contributed by atoms with Crippen LogP contribution in [0, 0.1) is 0 Å². The van der Waals surface area contributed by atoms with Crippen LogP contribution in [-0.4, -0.2) is 25.8 Å². The van der Waals surface area contributed by atoms with Crippen molar-refractivity contribution in [2.75, 3.05) is 9.80 Å². The van der Waals surface area contributed by atoms with Gasteiger partial charge in [0.25, 0.3) is 6.71 Å². The summed E-state index contributed by atoms with van der Waals surface area (Å²) in [4.78, 5) is 15.8. The van der Waals surface area contributed by atoms with Crippen molar-refractivity contribution in [2.24, 2.45) is 0 Å². The third-order valence-electron chi connectivity index (χ3n) is 27.0. The van der Waals surface area contributed by atoms with Gasteiger partial charge in [0.1, 0.15) is 0 Å². The number of aromatic nitrogens is 4. The topological polar surface area (TPSA) is 42.1 Å². The van der Waals surface area contributed by atoms with Gasteiger partial charge in [0.05, 0.1) is 33.4 Å². The van der Waals surface area contributed by atoms with Crippen molar-refractivity contribution >= 4 is 101 Å². The summed E-state index contributed by atoms with van der Waals surface area (Å²) in [5.74, 6) is 0. The van der Waals surface area contributed by atoms with Crippen LogP contribution in [-0.2, 0) is 21.7 Å². The number of hydrogen-bond acceptors (Lipinski definition) is 4. The summed E-state index contributed by atoms with van der Waals surface area (Å²) < 4.78 is 5.06. The first-order valence-electron chi connectivity index (χ1n) is 41.7. The lowest BCUT2D eigenvalue weighted by Crippen LogP contribution is -2.61. The van der Waals surface area contributed by atoms with E-state index in [1.54, 1.807) is 0 Å². The van der Waals surface area contributed by atoms with Crippen molar-refractivity contribution in [3.8, 4) is 89.3 Å². The first-order chi connectivity index (χ1) is 57.0. The predicted octanol–water partition coefficient (Wildman–Crippen LogP) is 27.1. The predicted molar refractivity (Wildman–Crippen MR) is 493 cm³/mol. The molecule has 2 aliphatic heterocycles. The van der Waals surface area contributed by atoms with Gasteiger partial charge < -0.3 is 18.9 Å². The highest BCUT2D eigenvalue weighted by Crippen LogP contribution is 2.56. The highest BCUT2D eigenvalue weighted by molar-refractivity contribution is 7.00. The van der Waals surface area contributed by atoms with E-state index in [1.807, 2.05) is 0 Å². The molecule has 22 rings (SSSR count). The molecule has 4 aliphatic rings. The normalized spacial score (nSPS) is 15.3. The van der Waals surface area contributed by atoms with Crippen LogP contribution in [0.15, 0.2) is 346 Å². The van der Waals surface area contributed by atoms with Gasteiger partial charge in [0.2, 0.25) is 0 Å². The Labute approximate surface area is 685 Å². The van der Waals surface area contributed by atoms with E-state index in [0.717, 1.165) is 136 Å². The van der Waals surface area contributed by atoms with Gasteiger partial charge in [-0.2, -0.15) is 0 Å². The van der Waals surface area contributed by atoms with Crippen LogP contribution < -0.4 is 26.2 Å². The van der Waals surface area contributed by atoms with Crippen molar-refractivity contribution in [3.05, 3.63) is 369 Å². The van der Waals surface area contributed by atoms with E-state index in [4.69, 9.17) is 9.97 Å². The second-order valence-electron chi connectivity index (χ2n) is 35.7. The van der Waals surface area contributed by atoms with Gasteiger partial charge in [-0.15, -0.1) is 0 Å². The number of benzene rings is 14. The zero-order chi connectivity index (χ0) is 78.8. The van der Waals surface area contributed by atoms with Gasteiger partial charge >= 0.3 is 0 Å². The lowest BCUT2D eigenvalue weighted by Gasteiger charge is -2.46. The average Bonchev–Trinajstić information content (AvgIpc) is 1.38. The van der Waals surface area contributed by atoms with E-state index in [-0.39, 0.29) is 28.4 Å². The van der Waals surface area contributed by atoms with E-state index < -0.39 is 0 Å². The zero-order valence-electron chi connectivity index (χ0n) is 67.5. The number of anilines is 6. The molecule has 18 aromatic rings. The maximum absolute atomic E-state index is 5.24. The summed E-state index contributed by atoms with van der Waals surface area (Å²) in [5, 5.41) is 4.85. The summed E-state index contributed by atoms with van der Waals surface area (Å²) in [6.45, 7) is 19.1. The van der Waals surface area contributed by atoms with Gasteiger partial charge in [-0.05, 0) is 214 Å². The molecule has 0 amide bonds. The molecule has 0 saturated carbocycles. The second kappa shape index (κ2) is 26.6. The Hall–Kier alpha value is -13.4. The number of fused-ring (bicyclic) bond motifs is 12. The largest absolute Gasteiger partial charge is 0.310 e. The molecule has 117 heavy (non-hydrogen) atoms. The molecule has 0 fully saturated rings. The number of para-hydroxylation sites is 2. The minimum absolute atomic E-state index is 0.0736. The Bertz CT molecular complexity index is 6560. The molecule has 6 heterocycles. The molecule has 0 bridgehead atoms. The fourth-order valence-electron chi connectivity index (χ4n) is 20.6.